The van der Waals surface area contributed by atoms with E-state index in [4.69, 9.17) is 5.11 Å². The van der Waals surface area contributed by atoms with Gasteiger partial charge in [-0.05, 0) is 35.9 Å². The van der Waals surface area contributed by atoms with Crippen LogP contribution in [0, 0.1) is 5.41 Å². The lowest BCUT2D eigenvalue weighted by Crippen LogP contribution is -2.55. The second-order valence-corrected chi connectivity index (χ2v) is 6.17. The smallest absolute Gasteiger partial charge is 0.237 e. The Morgan fingerprint density at radius 2 is 2.00 bits per heavy atom. The number of aliphatic hydroxyl groups excluding tert-OH is 1. The van der Waals surface area contributed by atoms with Gasteiger partial charge in [0.05, 0.1) is 12.6 Å². The van der Waals surface area contributed by atoms with E-state index in [9.17, 15) is 4.79 Å². The monoisotopic (exact) mass is 276 g/mol. The molecule has 0 radical (unpaired) electrons. The summed E-state index contributed by atoms with van der Waals surface area (Å²) in [5.74, 6) is 0.0703. The summed E-state index contributed by atoms with van der Waals surface area (Å²) in [4.78, 5) is 12.3. The van der Waals surface area contributed by atoms with Crippen molar-refractivity contribution in [3.05, 3.63) is 35.4 Å². The van der Waals surface area contributed by atoms with E-state index in [0.29, 0.717) is 6.54 Å². The Balaban J connectivity index is 1.90. The minimum Gasteiger partial charge on any atom is -0.392 e. The van der Waals surface area contributed by atoms with E-state index >= 15 is 0 Å². The number of hydrogen-bond acceptors (Lipinski definition) is 3. The van der Waals surface area contributed by atoms with Crippen LogP contribution in [0.3, 0.4) is 0 Å². The predicted molar refractivity (Wildman–Crippen MR) is 79.0 cm³/mol. The van der Waals surface area contributed by atoms with Crippen molar-refractivity contribution in [3.8, 4) is 0 Å². The molecule has 1 aromatic carbocycles. The maximum absolute atomic E-state index is 12.3. The van der Waals surface area contributed by atoms with Crippen LogP contribution >= 0.6 is 0 Å². The molecular weight excluding hydrogens is 252 g/mol. The second kappa shape index (κ2) is 6.37. The first-order valence-corrected chi connectivity index (χ1v) is 7.23. The van der Waals surface area contributed by atoms with Crippen molar-refractivity contribution in [3.63, 3.8) is 0 Å². The molecule has 1 fully saturated rings. The fourth-order valence-corrected chi connectivity index (χ4v) is 2.71. The molecule has 0 aliphatic carbocycles. The van der Waals surface area contributed by atoms with E-state index in [1.54, 1.807) is 0 Å². The Bertz CT molecular complexity index is 454. The van der Waals surface area contributed by atoms with Crippen LogP contribution in [0.4, 0.5) is 0 Å². The Labute approximate surface area is 120 Å². The molecule has 20 heavy (non-hydrogen) atoms. The molecule has 0 aromatic heterocycles. The number of aliphatic hydroxyl groups is 1. The van der Waals surface area contributed by atoms with Crippen LogP contribution < -0.4 is 10.6 Å². The molecule has 1 amide bonds. The summed E-state index contributed by atoms with van der Waals surface area (Å²) >= 11 is 0. The van der Waals surface area contributed by atoms with Gasteiger partial charge >= 0.3 is 0 Å². The summed E-state index contributed by atoms with van der Waals surface area (Å²) in [6, 6.07) is 7.51. The zero-order valence-electron chi connectivity index (χ0n) is 12.3. The maximum Gasteiger partial charge on any atom is 0.237 e. The lowest BCUT2D eigenvalue weighted by Gasteiger charge is -2.38. The zero-order valence-corrected chi connectivity index (χ0v) is 12.3. The molecule has 4 nitrogen and oxygen atoms in total. The molecule has 1 atom stereocenters. The molecule has 1 saturated heterocycles. The highest BCUT2D eigenvalue weighted by Crippen LogP contribution is 2.30. The quantitative estimate of drug-likeness (QED) is 0.782. The summed E-state index contributed by atoms with van der Waals surface area (Å²) in [6.07, 6.45) is 2.20. The standard InChI is InChI=1S/C16H24N2O2/c1-16(2)8-3-9-17-14(16)15(20)18-10-12-4-6-13(11-19)7-5-12/h4-7,14,17,19H,3,8-11H2,1-2H3,(H,18,20). The lowest BCUT2D eigenvalue weighted by atomic mass is 9.77. The third kappa shape index (κ3) is 3.58. The van der Waals surface area contributed by atoms with Crippen molar-refractivity contribution >= 4 is 5.91 Å². The normalized spacial score (nSPS) is 21.4. The molecule has 2 rings (SSSR count). The highest BCUT2D eigenvalue weighted by Gasteiger charge is 2.36. The number of rotatable bonds is 4. The minimum atomic E-state index is -0.118. The Morgan fingerprint density at radius 1 is 1.35 bits per heavy atom. The topological polar surface area (TPSA) is 61.4 Å². The second-order valence-electron chi connectivity index (χ2n) is 6.17. The highest BCUT2D eigenvalue weighted by atomic mass is 16.3. The van der Waals surface area contributed by atoms with Gasteiger partial charge in [-0.15, -0.1) is 0 Å². The molecule has 1 aromatic rings. The average molecular weight is 276 g/mol. The predicted octanol–water partition coefficient (Wildman–Crippen LogP) is 1.57. The summed E-state index contributed by atoms with van der Waals surface area (Å²) in [7, 11) is 0. The Morgan fingerprint density at radius 3 is 2.60 bits per heavy atom. The molecule has 0 saturated carbocycles. The molecule has 1 heterocycles. The molecule has 0 spiro atoms. The van der Waals surface area contributed by atoms with Crippen molar-refractivity contribution in [2.45, 2.75) is 45.9 Å². The van der Waals surface area contributed by atoms with Crippen LogP contribution in [0.2, 0.25) is 0 Å². The van der Waals surface area contributed by atoms with E-state index in [2.05, 4.69) is 24.5 Å². The van der Waals surface area contributed by atoms with Crippen LogP contribution in [0.1, 0.15) is 37.8 Å². The van der Waals surface area contributed by atoms with Gasteiger partial charge in [-0.25, -0.2) is 0 Å². The van der Waals surface area contributed by atoms with Gasteiger partial charge in [0.25, 0.3) is 0 Å². The number of carbonyl (C=O) groups excluding carboxylic acids is 1. The van der Waals surface area contributed by atoms with E-state index in [1.165, 1.54) is 0 Å². The molecule has 1 unspecified atom stereocenters. The van der Waals surface area contributed by atoms with Crippen molar-refractivity contribution in [2.24, 2.45) is 5.41 Å². The van der Waals surface area contributed by atoms with Gasteiger partial charge in [0.1, 0.15) is 0 Å². The number of benzene rings is 1. The van der Waals surface area contributed by atoms with E-state index in [0.717, 1.165) is 30.5 Å². The SMILES string of the molecule is CC1(C)CCCNC1C(=O)NCc1ccc(CO)cc1. The van der Waals surface area contributed by atoms with Gasteiger partial charge in [-0.3, -0.25) is 4.79 Å². The largest absolute Gasteiger partial charge is 0.392 e. The first-order chi connectivity index (χ1) is 9.53. The van der Waals surface area contributed by atoms with Gasteiger partial charge in [0.15, 0.2) is 0 Å². The number of carbonyl (C=O) groups is 1. The van der Waals surface area contributed by atoms with Gasteiger partial charge in [-0.2, -0.15) is 0 Å². The van der Waals surface area contributed by atoms with E-state index in [-0.39, 0.29) is 24.0 Å². The Kier molecular flexibility index (Phi) is 4.78. The first kappa shape index (κ1) is 15.0. The molecule has 110 valence electrons. The zero-order chi connectivity index (χ0) is 14.6. The van der Waals surface area contributed by atoms with Gasteiger partial charge in [-0.1, -0.05) is 38.1 Å². The number of nitrogens with one attached hydrogen (secondary N) is 2. The highest BCUT2D eigenvalue weighted by molar-refractivity contribution is 5.82. The molecule has 1 aliphatic heterocycles. The van der Waals surface area contributed by atoms with E-state index in [1.807, 2.05) is 24.3 Å². The fraction of sp³-hybridized carbons (Fsp3) is 0.562. The lowest BCUT2D eigenvalue weighted by molar-refractivity contribution is -0.126. The third-order valence-electron chi connectivity index (χ3n) is 4.06. The van der Waals surface area contributed by atoms with Crippen molar-refractivity contribution in [1.82, 2.24) is 10.6 Å². The van der Waals surface area contributed by atoms with Crippen LogP contribution in [0.25, 0.3) is 0 Å². The summed E-state index contributed by atoms with van der Waals surface area (Å²) in [5, 5.41) is 15.3. The number of amides is 1. The third-order valence-corrected chi connectivity index (χ3v) is 4.06. The maximum atomic E-state index is 12.3. The van der Waals surface area contributed by atoms with E-state index < -0.39 is 0 Å². The van der Waals surface area contributed by atoms with Crippen LogP contribution in [0.5, 0.6) is 0 Å². The average Bonchev–Trinajstić information content (AvgIpc) is 2.45. The molecule has 1 aliphatic rings. The minimum absolute atomic E-state index is 0.00305. The Hall–Kier alpha value is -1.39. The summed E-state index contributed by atoms with van der Waals surface area (Å²) < 4.78 is 0. The summed E-state index contributed by atoms with van der Waals surface area (Å²) in [6.45, 7) is 5.76. The first-order valence-electron chi connectivity index (χ1n) is 7.23. The van der Waals surface area contributed by atoms with Crippen LogP contribution in [-0.4, -0.2) is 23.6 Å². The van der Waals surface area contributed by atoms with Crippen molar-refractivity contribution < 1.29 is 9.90 Å². The molecule has 0 bridgehead atoms. The van der Waals surface area contributed by atoms with Gasteiger partial charge in [0, 0.05) is 6.54 Å². The van der Waals surface area contributed by atoms with Crippen LogP contribution in [-0.2, 0) is 17.9 Å². The number of piperidine rings is 1. The number of hydrogen-bond donors (Lipinski definition) is 3. The van der Waals surface area contributed by atoms with Crippen molar-refractivity contribution in [1.29, 1.82) is 0 Å². The van der Waals surface area contributed by atoms with Gasteiger partial charge < -0.3 is 15.7 Å². The summed E-state index contributed by atoms with van der Waals surface area (Å²) in [5.41, 5.74) is 1.93. The molecular formula is C16H24N2O2. The van der Waals surface area contributed by atoms with Crippen molar-refractivity contribution in [2.75, 3.05) is 6.54 Å². The van der Waals surface area contributed by atoms with Crippen LogP contribution in [0.15, 0.2) is 24.3 Å². The van der Waals surface area contributed by atoms with Gasteiger partial charge in [0.2, 0.25) is 5.91 Å². The molecule has 4 heteroatoms. The molecule has 3 N–H and O–H groups in total. The fourth-order valence-electron chi connectivity index (χ4n) is 2.71.